The molecule has 0 saturated carbocycles. The van der Waals surface area contributed by atoms with E-state index in [0.29, 0.717) is 18.3 Å². The van der Waals surface area contributed by atoms with E-state index in [1.807, 2.05) is 12.1 Å². The first-order valence-corrected chi connectivity index (χ1v) is 8.89. The van der Waals surface area contributed by atoms with Crippen molar-refractivity contribution in [2.45, 2.75) is 45.8 Å². The van der Waals surface area contributed by atoms with Crippen LogP contribution in [-0.4, -0.2) is 47.9 Å². The number of rotatable bonds is 5. The molecule has 1 atom stereocenters. The third-order valence-corrected chi connectivity index (χ3v) is 4.33. The highest BCUT2D eigenvalue weighted by Gasteiger charge is 2.26. The van der Waals surface area contributed by atoms with Crippen LogP contribution in [0.4, 0.5) is 5.69 Å². The first-order valence-electron chi connectivity index (χ1n) is 8.89. The minimum Gasteiger partial charge on any atom is -0.485 e. The second-order valence-corrected chi connectivity index (χ2v) is 7.69. The monoisotopic (exact) mass is 344 g/mol. The standard InChI is InChI=1S/C19H28N4O2/c1-6-23-12-14(24-16-10-8-7-9-15(16)23)11-22(5)13-17-20-21-18(25-17)19(2,3)4/h7-10,14H,6,11-13H2,1-5H3/t14-/m1/s1. The van der Waals surface area contributed by atoms with Crippen LogP contribution in [0, 0.1) is 0 Å². The van der Waals surface area contributed by atoms with Gasteiger partial charge in [-0.05, 0) is 26.1 Å². The molecule has 0 aliphatic carbocycles. The fraction of sp³-hybridized carbons (Fsp3) is 0.579. The lowest BCUT2D eigenvalue weighted by atomic mass is 9.97. The molecule has 2 aromatic rings. The molecule has 0 saturated heterocycles. The highest BCUT2D eigenvalue weighted by Crippen LogP contribution is 2.33. The summed E-state index contributed by atoms with van der Waals surface area (Å²) in [6, 6.07) is 8.23. The summed E-state index contributed by atoms with van der Waals surface area (Å²) in [7, 11) is 2.06. The lowest BCUT2D eigenvalue weighted by Crippen LogP contribution is -2.45. The van der Waals surface area contributed by atoms with Gasteiger partial charge in [0.1, 0.15) is 11.9 Å². The molecule has 1 aliphatic heterocycles. The maximum Gasteiger partial charge on any atom is 0.230 e. The lowest BCUT2D eigenvalue weighted by Gasteiger charge is -2.37. The Morgan fingerprint density at radius 1 is 1.24 bits per heavy atom. The summed E-state index contributed by atoms with van der Waals surface area (Å²) in [6.45, 7) is 11.7. The quantitative estimate of drug-likeness (QED) is 0.831. The molecule has 0 unspecified atom stereocenters. The van der Waals surface area contributed by atoms with Gasteiger partial charge in [0, 0.05) is 18.5 Å². The maximum absolute atomic E-state index is 6.18. The van der Waals surface area contributed by atoms with E-state index < -0.39 is 0 Å². The van der Waals surface area contributed by atoms with Crippen LogP contribution < -0.4 is 9.64 Å². The van der Waals surface area contributed by atoms with Gasteiger partial charge in [0.05, 0.1) is 18.8 Å². The molecule has 136 valence electrons. The van der Waals surface area contributed by atoms with Gasteiger partial charge in [0.2, 0.25) is 11.8 Å². The van der Waals surface area contributed by atoms with E-state index in [2.05, 4.69) is 66.9 Å². The van der Waals surface area contributed by atoms with E-state index in [1.54, 1.807) is 0 Å². The summed E-state index contributed by atoms with van der Waals surface area (Å²) in [5.41, 5.74) is 1.05. The molecule has 25 heavy (non-hydrogen) atoms. The van der Waals surface area contributed by atoms with Crippen molar-refractivity contribution < 1.29 is 9.15 Å². The van der Waals surface area contributed by atoms with E-state index in [4.69, 9.17) is 9.15 Å². The van der Waals surface area contributed by atoms with Crippen LogP contribution in [0.25, 0.3) is 0 Å². The molecule has 0 N–H and O–H groups in total. The third kappa shape index (κ3) is 4.12. The Kier molecular flexibility index (Phi) is 4.99. The summed E-state index contributed by atoms with van der Waals surface area (Å²) >= 11 is 0. The molecular weight excluding hydrogens is 316 g/mol. The summed E-state index contributed by atoms with van der Waals surface area (Å²) in [5, 5.41) is 8.33. The van der Waals surface area contributed by atoms with Gasteiger partial charge in [-0.1, -0.05) is 32.9 Å². The van der Waals surface area contributed by atoms with Gasteiger partial charge in [-0.3, -0.25) is 4.90 Å². The number of nitrogens with zero attached hydrogens (tertiary/aromatic N) is 4. The molecule has 0 bridgehead atoms. The number of anilines is 1. The fourth-order valence-electron chi connectivity index (χ4n) is 3.04. The number of likely N-dealkylation sites (N-methyl/N-ethyl adjacent to an activating group) is 2. The highest BCUT2D eigenvalue weighted by molar-refractivity contribution is 5.60. The summed E-state index contributed by atoms with van der Waals surface area (Å²) in [5.74, 6) is 2.29. The van der Waals surface area contributed by atoms with Crippen LogP contribution in [0.5, 0.6) is 5.75 Å². The summed E-state index contributed by atoms with van der Waals surface area (Å²) in [6.07, 6.45) is 0.116. The molecule has 1 aromatic carbocycles. The number of fused-ring (bicyclic) bond motifs is 1. The van der Waals surface area contributed by atoms with Gasteiger partial charge >= 0.3 is 0 Å². The number of hydrogen-bond donors (Lipinski definition) is 0. The molecule has 1 aromatic heterocycles. The van der Waals surface area contributed by atoms with Crippen molar-refractivity contribution in [3.05, 3.63) is 36.0 Å². The van der Waals surface area contributed by atoms with E-state index in [0.717, 1.165) is 25.4 Å². The molecular formula is C19H28N4O2. The zero-order valence-corrected chi connectivity index (χ0v) is 15.8. The van der Waals surface area contributed by atoms with Gasteiger partial charge in [0.15, 0.2) is 0 Å². The molecule has 0 radical (unpaired) electrons. The van der Waals surface area contributed by atoms with Crippen molar-refractivity contribution in [3.8, 4) is 5.75 Å². The van der Waals surface area contributed by atoms with Crippen LogP contribution in [0.1, 0.15) is 39.5 Å². The van der Waals surface area contributed by atoms with Gasteiger partial charge in [-0.15, -0.1) is 10.2 Å². The molecule has 1 aliphatic rings. The zero-order valence-electron chi connectivity index (χ0n) is 15.8. The Labute approximate surface area is 149 Å². The van der Waals surface area contributed by atoms with Crippen molar-refractivity contribution in [1.29, 1.82) is 0 Å². The smallest absolute Gasteiger partial charge is 0.230 e. The molecule has 0 fully saturated rings. The predicted molar refractivity (Wildman–Crippen MR) is 98.1 cm³/mol. The normalized spacial score (nSPS) is 17.5. The average Bonchev–Trinajstić information content (AvgIpc) is 3.02. The number of hydrogen-bond acceptors (Lipinski definition) is 6. The number of benzene rings is 1. The lowest BCUT2D eigenvalue weighted by molar-refractivity contribution is 0.134. The van der Waals surface area contributed by atoms with Crippen LogP contribution in [0.3, 0.4) is 0 Å². The number of aromatic nitrogens is 2. The van der Waals surface area contributed by atoms with E-state index in [-0.39, 0.29) is 11.5 Å². The Morgan fingerprint density at radius 2 is 2.00 bits per heavy atom. The topological polar surface area (TPSA) is 54.6 Å². The molecule has 0 spiro atoms. The van der Waals surface area contributed by atoms with Crippen LogP contribution in [0.15, 0.2) is 28.7 Å². The Balaban J connectivity index is 1.62. The summed E-state index contributed by atoms with van der Waals surface area (Å²) < 4.78 is 12.0. The van der Waals surface area contributed by atoms with Crippen molar-refractivity contribution in [3.63, 3.8) is 0 Å². The number of para-hydroxylation sites is 2. The summed E-state index contributed by atoms with van der Waals surface area (Å²) in [4.78, 5) is 4.54. The first-order chi connectivity index (χ1) is 11.9. The van der Waals surface area contributed by atoms with Gasteiger partial charge in [-0.2, -0.15) is 0 Å². The van der Waals surface area contributed by atoms with E-state index in [9.17, 15) is 0 Å². The van der Waals surface area contributed by atoms with Crippen LogP contribution in [-0.2, 0) is 12.0 Å². The van der Waals surface area contributed by atoms with Crippen molar-refractivity contribution >= 4 is 5.69 Å². The molecule has 3 rings (SSSR count). The maximum atomic E-state index is 6.18. The minimum absolute atomic E-state index is 0.116. The zero-order chi connectivity index (χ0) is 18.0. The predicted octanol–water partition coefficient (Wildman–Crippen LogP) is 3.09. The Hall–Kier alpha value is -2.08. The highest BCUT2D eigenvalue weighted by atomic mass is 16.5. The Morgan fingerprint density at radius 3 is 2.68 bits per heavy atom. The van der Waals surface area contributed by atoms with Gasteiger partial charge < -0.3 is 14.1 Å². The second-order valence-electron chi connectivity index (χ2n) is 7.69. The average molecular weight is 344 g/mol. The Bertz CT molecular complexity index is 707. The van der Waals surface area contributed by atoms with Crippen molar-refractivity contribution in [2.75, 3.05) is 31.6 Å². The molecule has 6 heteroatoms. The fourth-order valence-corrected chi connectivity index (χ4v) is 3.04. The SMILES string of the molecule is CCN1C[C@@H](CN(C)Cc2nnc(C(C)(C)C)o2)Oc2ccccc21. The second kappa shape index (κ2) is 7.04. The molecule has 0 amide bonds. The third-order valence-electron chi connectivity index (χ3n) is 4.33. The van der Waals surface area contributed by atoms with Crippen molar-refractivity contribution in [1.82, 2.24) is 15.1 Å². The first kappa shape index (κ1) is 17.7. The molecule has 2 heterocycles. The van der Waals surface area contributed by atoms with Gasteiger partial charge in [-0.25, -0.2) is 0 Å². The van der Waals surface area contributed by atoms with E-state index >= 15 is 0 Å². The minimum atomic E-state index is -0.123. The molecule has 6 nitrogen and oxygen atoms in total. The largest absolute Gasteiger partial charge is 0.485 e. The van der Waals surface area contributed by atoms with Crippen LogP contribution in [0.2, 0.25) is 0 Å². The van der Waals surface area contributed by atoms with Crippen molar-refractivity contribution in [2.24, 2.45) is 0 Å². The van der Waals surface area contributed by atoms with E-state index in [1.165, 1.54) is 5.69 Å². The number of ether oxygens (including phenoxy) is 1. The van der Waals surface area contributed by atoms with Crippen LogP contribution >= 0.6 is 0 Å². The van der Waals surface area contributed by atoms with Gasteiger partial charge in [0.25, 0.3) is 0 Å².